The molecule has 0 unspecified atom stereocenters. The van der Waals surface area contributed by atoms with Gasteiger partial charge in [0, 0.05) is 6.20 Å². The Hall–Kier alpha value is -2.83. The topological polar surface area (TPSA) is 81.9 Å². The number of nitrogens with zero attached hydrogens (tertiary/aromatic N) is 2. The van der Waals surface area contributed by atoms with Crippen LogP contribution in [0, 0.1) is 0 Å². The maximum atomic E-state index is 11.9. The van der Waals surface area contributed by atoms with E-state index < -0.39 is 12.1 Å². The van der Waals surface area contributed by atoms with Crippen LogP contribution < -0.4 is 0 Å². The fourth-order valence-electron chi connectivity index (χ4n) is 2.04. The summed E-state index contributed by atoms with van der Waals surface area (Å²) in [6.07, 6.45) is 8.21. The molecule has 21 heavy (non-hydrogen) atoms. The van der Waals surface area contributed by atoms with Gasteiger partial charge in [-0.05, 0) is 11.1 Å². The Labute approximate surface area is 120 Å². The maximum absolute atomic E-state index is 11.9. The minimum atomic E-state index is -0.604. The minimum absolute atomic E-state index is 0.0386. The van der Waals surface area contributed by atoms with Gasteiger partial charge in [0.05, 0.1) is 13.7 Å². The molecule has 0 aromatic carbocycles. The van der Waals surface area contributed by atoms with Crippen LogP contribution in [-0.4, -0.2) is 35.6 Å². The van der Waals surface area contributed by atoms with Crippen LogP contribution in [-0.2, 0) is 16.1 Å². The molecule has 0 bridgehead atoms. The molecule has 2 aliphatic rings. The number of allylic oxidation sites excluding steroid dienone is 3. The van der Waals surface area contributed by atoms with E-state index in [9.17, 15) is 9.59 Å². The number of esters is 1. The Bertz CT molecular complexity index is 683. The predicted molar refractivity (Wildman–Crippen MR) is 70.0 cm³/mol. The van der Waals surface area contributed by atoms with E-state index in [1.807, 2.05) is 18.2 Å². The molecule has 0 fully saturated rings. The first-order chi connectivity index (χ1) is 10.2. The van der Waals surface area contributed by atoms with Gasteiger partial charge in [-0.15, -0.1) is 0 Å². The molecule has 3 rings (SSSR count). The zero-order valence-electron chi connectivity index (χ0n) is 11.2. The van der Waals surface area contributed by atoms with Crippen molar-refractivity contribution in [2.24, 2.45) is 0 Å². The van der Waals surface area contributed by atoms with E-state index >= 15 is 0 Å². The lowest BCUT2D eigenvalue weighted by Gasteiger charge is -2.12. The maximum Gasteiger partial charge on any atom is 0.414 e. The number of hydrogen-bond donors (Lipinski definition) is 0. The van der Waals surface area contributed by atoms with Crippen LogP contribution in [0.5, 0.6) is 0 Å². The summed E-state index contributed by atoms with van der Waals surface area (Å²) in [5, 5.41) is 0. The third kappa shape index (κ3) is 2.58. The summed E-state index contributed by atoms with van der Waals surface area (Å²) in [4.78, 5) is 28.4. The number of hydrogen-bond acceptors (Lipinski definition) is 6. The summed E-state index contributed by atoms with van der Waals surface area (Å²) >= 11 is 0. The number of aromatic nitrogens is 1. The van der Waals surface area contributed by atoms with Crippen molar-refractivity contribution in [1.29, 1.82) is 0 Å². The van der Waals surface area contributed by atoms with Crippen molar-refractivity contribution in [3.05, 3.63) is 53.4 Å². The number of carbonyl (C=O) groups excluding carboxylic acids is 2. The molecule has 7 nitrogen and oxygen atoms in total. The van der Waals surface area contributed by atoms with Crippen LogP contribution in [0.2, 0.25) is 0 Å². The van der Waals surface area contributed by atoms with Crippen LogP contribution in [0.4, 0.5) is 4.79 Å². The molecule has 1 aliphatic carbocycles. The molecule has 0 radical (unpaired) electrons. The average Bonchev–Trinajstić information content (AvgIpc) is 3.18. The first-order valence-electron chi connectivity index (χ1n) is 6.23. The summed E-state index contributed by atoms with van der Waals surface area (Å²) < 4.78 is 14.6. The van der Waals surface area contributed by atoms with Gasteiger partial charge in [0.25, 0.3) is 0 Å². The molecular weight excluding hydrogens is 276 g/mol. The quantitative estimate of drug-likeness (QED) is 0.789. The molecule has 108 valence electrons. The van der Waals surface area contributed by atoms with Crippen molar-refractivity contribution < 1.29 is 23.5 Å². The third-order valence-electron chi connectivity index (χ3n) is 3.08. The molecular formula is C14H12N2O5. The summed E-state index contributed by atoms with van der Waals surface area (Å²) in [6.45, 7) is 0.338. The highest BCUT2D eigenvalue weighted by molar-refractivity contribution is 5.86. The van der Waals surface area contributed by atoms with Crippen molar-refractivity contribution in [3.8, 4) is 0 Å². The van der Waals surface area contributed by atoms with Gasteiger partial charge in [-0.25, -0.2) is 14.6 Å². The second-order valence-electron chi connectivity index (χ2n) is 4.44. The molecule has 0 atom stereocenters. The molecule has 1 amide bonds. The number of amides is 1. The third-order valence-corrected chi connectivity index (χ3v) is 3.08. The second kappa shape index (κ2) is 5.28. The largest absolute Gasteiger partial charge is 0.464 e. The molecule has 0 saturated heterocycles. The highest BCUT2D eigenvalue weighted by Gasteiger charge is 2.24. The normalized spacial score (nSPS) is 15.6. The van der Waals surface area contributed by atoms with Crippen LogP contribution in [0.1, 0.15) is 16.4 Å². The van der Waals surface area contributed by atoms with E-state index in [4.69, 9.17) is 9.15 Å². The van der Waals surface area contributed by atoms with Crippen molar-refractivity contribution in [2.45, 2.75) is 6.61 Å². The lowest BCUT2D eigenvalue weighted by atomic mass is 10.2. The molecule has 0 N–H and O–H groups in total. The fraction of sp³-hybridized carbons (Fsp3) is 0.214. The van der Waals surface area contributed by atoms with Gasteiger partial charge in [0.15, 0.2) is 12.3 Å². The number of carbonyl (C=O) groups is 2. The Kier molecular flexibility index (Phi) is 3.31. The van der Waals surface area contributed by atoms with E-state index in [1.54, 1.807) is 6.20 Å². The van der Waals surface area contributed by atoms with Crippen LogP contribution >= 0.6 is 0 Å². The van der Waals surface area contributed by atoms with Crippen LogP contribution in [0.25, 0.3) is 0 Å². The standard InChI is InChI=1S/C14H12N2O5/c1-19-13(17)11-7-20-12(15-11)8-21-14(18)16-5-9-3-2-4-10(9)6-16/h2-5,7H,6,8H2,1H3. The van der Waals surface area contributed by atoms with E-state index in [0.29, 0.717) is 6.54 Å². The number of rotatable bonds is 3. The Morgan fingerprint density at radius 1 is 1.48 bits per heavy atom. The Morgan fingerprint density at radius 2 is 2.33 bits per heavy atom. The number of fused-ring (bicyclic) bond motifs is 1. The molecule has 1 aromatic rings. The number of oxazole rings is 1. The zero-order valence-corrected chi connectivity index (χ0v) is 11.2. The molecule has 2 heterocycles. The molecule has 1 aromatic heterocycles. The van der Waals surface area contributed by atoms with Gasteiger partial charge in [-0.3, -0.25) is 4.90 Å². The SMILES string of the molecule is COC(=O)c1coc(COC(=O)N2C=C3C=CC=C3C2)n1. The molecule has 0 saturated carbocycles. The summed E-state index contributed by atoms with van der Waals surface area (Å²) in [7, 11) is 1.25. The van der Waals surface area contributed by atoms with Gasteiger partial charge in [-0.2, -0.15) is 0 Å². The van der Waals surface area contributed by atoms with Crippen molar-refractivity contribution in [2.75, 3.05) is 13.7 Å². The lowest BCUT2D eigenvalue weighted by Crippen LogP contribution is -2.25. The van der Waals surface area contributed by atoms with Crippen LogP contribution in [0.3, 0.4) is 0 Å². The Morgan fingerprint density at radius 3 is 3.10 bits per heavy atom. The monoisotopic (exact) mass is 288 g/mol. The van der Waals surface area contributed by atoms with Crippen molar-refractivity contribution in [3.63, 3.8) is 0 Å². The van der Waals surface area contributed by atoms with Gasteiger partial charge in [-0.1, -0.05) is 18.2 Å². The first-order valence-corrected chi connectivity index (χ1v) is 6.23. The number of ether oxygens (including phenoxy) is 2. The van der Waals surface area contributed by atoms with Gasteiger partial charge < -0.3 is 13.9 Å². The van der Waals surface area contributed by atoms with E-state index in [2.05, 4.69) is 9.72 Å². The van der Waals surface area contributed by atoms with Crippen molar-refractivity contribution >= 4 is 12.1 Å². The fourth-order valence-corrected chi connectivity index (χ4v) is 2.04. The smallest absolute Gasteiger partial charge is 0.414 e. The summed E-state index contributed by atoms with van der Waals surface area (Å²) in [5.74, 6) is -0.470. The summed E-state index contributed by atoms with van der Waals surface area (Å²) in [5.41, 5.74) is 2.13. The number of methoxy groups -OCH3 is 1. The minimum Gasteiger partial charge on any atom is -0.464 e. The molecule has 0 spiro atoms. The zero-order chi connectivity index (χ0) is 14.8. The molecule has 7 heteroatoms. The predicted octanol–water partition coefficient (Wildman–Crippen LogP) is 1.79. The van der Waals surface area contributed by atoms with E-state index in [-0.39, 0.29) is 18.2 Å². The van der Waals surface area contributed by atoms with Gasteiger partial charge in [0.1, 0.15) is 6.26 Å². The van der Waals surface area contributed by atoms with Gasteiger partial charge in [0.2, 0.25) is 5.89 Å². The van der Waals surface area contributed by atoms with E-state index in [0.717, 1.165) is 17.4 Å². The Balaban J connectivity index is 1.56. The van der Waals surface area contributed by atoms with E-state index in [1.165, 1.54) is 12.0 Å². The average molecular weight is 288 g/mol. The van der Waals surface area contributed by atoms with Gasteiger partial charge >= 0.3 is 12.1 Å². The highest BCUT2D eigenvalue weighted by Crippen LogP contribution is 2.26. The van der Waals surface area contributed by atoms with Crippen LogP contribution in [0.15, 0.2) is 46.3 Å². The first kappa shape index (κ1) is 13.2. The van der Waals surface area contributed by atoms with Crippen molar-refractivity contribution in [1.82, 2.24) is 9.88 Å². The highest BCUT2D eigenvalue weighted by atomic mass is 16.6. The second-order valence-corrected chi connectivity index (χ2v) is 4.44. The summed E-state index contributed by atoms with van der Waals surface area (Å²) in [6, 6.07) is 0. The lowest BCUT2D eigenvalue weighted by molar-refractivity contribution is 0.0594. The molecule has 1 aliphatic heterocycles.